The summed E-state index contributed by atoms with van der Waals surface area (Å²) >= 11 is 0. The van der Waals surface area contributed by atoms with E-state index in [2.05, 4.69) is 30.4 Å². The number of likely N-dealkylation sites (tertiary alicyclic amines) is 1. The van der Waals surface area contributed by atoms with Crippen molar-refractivity contribution in [2.75, 3.05) is 20.2 Å². The molecule has 0 aromatic heterocycles. The molecular weight excluding hydrogens is 424 g/mol. The predicted molar refractivity (Wildman–Crippen MR) is 134 cm³/mol. The maximum absolute atomic E-state index is 11.7. The third kappa shape index (κ3) is 4.41. The molecule has 2 amide bonds. The van der Waals surface area contributed by atoms with E-state index >= 15 is 0 Å². The van der Waals surface area contributed by atoms with Crippen LogP contribution in [-0.2, 0) is 16.0 Å². The first-order valence-corrected chi connectivity index (χ1v) is 13.7. The third-order valence-electron chi connectivity index (χ3n) is 9.79. The highest BCUT2D eigenvalue weighted by Crippen LogP contribution is 2.61. The Labute approximate surface area is 205 Å². The Morgan fingerprint density at radius 3 is 2.59 bits per heavy atom. The Morgan fingerprint density at radius 2 is 1.79 bits per heavy atom. The minimum Gasteiger partial charge on any atom is -0.497 e. The Kier molecular flexibility index (Phi) is 7.02. The molecular formula is C29H42N2O3. The lowest BCUT2D eigenvalue weighted by Crippen LogP contribution is -2.48. The summed E-state index contributed by atoms with van der Waals surface area (Å²) in [6.45, 7) is 4.28. The standard InChI is InChI=1S/C29H42N2O3/c1-29-16-15-23-22-10-8-21(34-2)19-20(22)7-9-24(23)25(29)11-12-26(29)30-17-5-3-4-6-18-31-27(32)13-14-28(31)33/h8,10,19,23-26,30H,3-7,9,11-18H2,1-2H3/t23?,24?,25?,26?,29-/m0/s1. The smallest absolute Gasteiger partial charge is 0.229 e. The molecule has 5 atom stereocenters. The Hall–Kier alpha value is -1.88. The van der Waals surface area contributed by atoms with E-state index < -0.39 is 0 Å². The van der Waals surface area contributed by atoms with E-state index in [-0.39, 0.29) is 11.8 Å². The van der Waals surface area contributed by atoms with Gasteiger partial charge in [0.1, 0.15) is 5.75 Å². The fourth-order valence-electron chi connectivity index (χ4n) is 7.92. The molecule has 0 radical (unpaired) electrons. The fourth-order valence-corrected chi connectivity index (χ4v) is 7.92. The number of hydrogen-bond donors (Lipinski definition) is 1. The minimum atomic E-state index is 0.0200. The van der Waals surface area contributed by atoms with Gasteiger partial charge in [0.15, 0.2) is 0 Å². The molecule has 3 fully saturated rings. The highest BCUT2D eigenvalue weighted by molar-refractivity contribution is 6.01. The van der Waals surface area contributed by atoms with Crippen molar-refractivity contribution in [2.45, 2.75) is 95.9 Å². The Bertz CT molecular complexity index is 899. The van der Waals surface area contributed by atoms with Crippen molar-refractivity contribution < 1.29 is 14.3 Å². The van der Waals surface area contributed by atoms with Gasteiger partial charge in [-0.2, -0.15) is 0 Å². The summed E-state index contributed by atoms with van der Waals surface area (Å²) in [4.78, 5) is 24.9. The molecule has 0 spiro atoms. The molecule has 5 rings (SSSR count). The van der Waals surface area contributed by atoms with Crippen molar-refractivity contribution in [1.82, 2.24) is 10.2 Å². The number of nitrogens with zero attached hydrogens (tertiary/aromatic N) is 1. The van der Waals surface area contributed by atoms with E-state index in [1.54, 1.807) is 12.7 Å². The van der Waals surface area contributed by atoms with Crippen LogP contribution in [0.15, 0.2) is 18.2 Å². The number of carbonyl (C=O) groups is 2. The molecule has 1 saturated heterocycles. The van der Waals surface area contributed by atoms with Gasteiger partial charge in [0.25, 0.3) is 0 Å². The monoisotopic (exact) mass is 466 g/mol. The van der Waals surface area contributed by atoms with Gasteiger partial charge in [-0.25, -0.2) is 0 Å². The quantitative estimate of drug-likeness (QED) is 0.400. The highest BCUT2D eigenvalue weighted by Gasteiger charge is 2.54. The zero-order valence-corrected chi connectivity index (χ0v) is 21.1. The van der Waals surface area contributed by atoms with Crippen LogP contribution >= 0.6 is 0 Å². The lowest BCUT2D eigenvalue weighted by molar-refractivity contribution is -0.138. The largest absolute Gasteiger partial charge is 0.497 e. The summed E-state index contributed by atoms with van der Waals surface area (Å²) in [6.07, 6.45) is 13.1. The van der Waals surface area contributed by atoms with Crippen LogP contribution in [-0.4, -0.2) is 43.0 Å². The van der Waals surface area contributed by atoms with Gasteiger partial charge in [-0.3, -0.25) is 14.5 Å². The first kappa shape index (κ1) is 23.8. The predicted octanol–water partition coefficient (Wildman–Crippen LogP) is 5.22. The van der Waals surface area contributed by atoms with Gasteiger partial charge in [0.2, 0.25) is 11.8 Å². The summed E-state index contributed by atoms with van der Waals surface area (Å²) in [5.74, 6) is 3.46. The highest BCUT2D eigenvalue weighted by atomic mass is 16.5. The van der Waals surface area contributed by atoms with Gasteiger partial charge in [-0.15, -0.1) is 0 Å². The fraction of sp³-hybridized carbons (Fsp3) is 0.724. The number of nitrogens with one attached hydrogen (secondary N) is 1. The Morgan fingerprint density at radius 1 is 1.00 bits per heavy atom. The van der Waals surface area contributed by atoms with E-state index in [1.807, 2.05) is 0 Å². The number of hydrogen-bond acceptors (Lipinski definition) is 4. The van der Waals surface area contributed by atoms with E-state index in [0.717, 1.165) is 42.9 Å². The van der Waals surface area contributed by atoms with Gasteiger partial charge < -0.3 is 10.1 Å². The second kappa shape index (κ2) is 10.0. The second-order valence-corrected chi connectivity index (χ2v) is 11.5. The molecule has 2 saturated carbocycles. The number of fused-ring (bicyclic) bond motifs is 5. The minimum absolute atomic E-state index is 0.0200. The Balaban J connectivity index is 1.08. The first-order chi connectivity index (χ1) is 16.5. The van der Waals surface area contributed by atoms with E-state index in [1.165, 1.54) is 61.8 Å². The maximum atomic E-state index is 11.7. The average molecular weight is 467 g/mol. The molecule has 0 bridgehead atoms. The van der Waals surface area contributed by atoms with Crippen LogP contribution in [0.3, 0.4) is 0 Å². The normalized spacial score (nSPS) is 32.5. The van der Waals surface area contributed by atoms with Crippen molar-refractivity contribution in [3.63, 3.8) is 0 Å². The molecule has 1 aliphatic heterocycles. The third-order valence-corrected chi connectivity index (χ3v) is 9.79. The van der Waals surface area contributed by atoms with Crippen molar-refractivity contribution in [1.29, 1.82) is 0 Å². The van der Waals surface area contributed by atoms with Crippen LogP contribution in [0.1, 0.15) is 94.6 Å². The van der Waals surface area contributed by atoms with Crippen molar-refractivity contribution in [3.8, 4) is 5.75 Å². The molecule has 34 heavy (non-hydrogen) atoms. The molecule has 5 nitrogen and oxygen atoms in total. The van der Waals surface area contributed by atoms with Crippen LogP contribution < -0.4 is 10.1 Å². The van der Waals surface area contributed by atoms with E-state index in [0.29, 0.717) is 30.8 Å². The van der Waals surface area contributed by atoms with Gasteiger partial charge in [-0.05, 0) is 104 Å². The van der Waals surface area contributed by atoms with Gasteiger partial charge in [-0.1, -0.05) is 25.8 Å². The number of ether oxygens (including phenoxy) is 1. The number of amides is 2. The van der Waals surface area contributed by atoms with Crippen molar-refractivity contribution in [3.05, 3.63) is 29.3 Å². The van der Waals surface area contributed by atoms with Gasteiger partial charge in [0.05, 0.1) is 7.11 Å². The molecule has 1 N–H and O–H groups in total. The summed E-state index contributed by atoms with van der Waals surface area (Å²) in [6, 6.07) is 7.44. The van der Waals surface area contributed by atoms with Crippen molar-refractivity contribution in [2.24, 2.45) is 17.3 Å². The molecule has 3 aliphatic carbocycles. The molecule has 4 aliphatic rings. The average Bonchev–Trinajstić information content (AvgIpc) is 3.36. The lowest BCUT2D eigenvalue weighted by Gasteiger charge is -2.51. The number of methoxy groups -OCH3 is 1. The van der Waals surface area contributed by atoms with E-state index in [4.69, 9.17) is 4.74 Å². The summed E-state index contributed by atoms with van der Waals surface area (Å²) in [7, 11) is 1.77. The number of rotatable bonds is 9. The van der Waals surface area contributed by atoms with Crippen LogP contribution in [0.5, 0.6) is 5.75 Å². The molecule has 186 valence electrons. The SMILES string of the molecule is COc1ccc2c(c1)CCC1C2CC[C@]2(C)C(NCCCCCCN3C(=O)CCC3=O)CCC12. The number of benzene rings is 1. The number of imide groups is 1. The number of unbranched alkanes of at least 4 members (excludes halogenated alkanes) is 3. The summed E-state index contributed by atoms with van der Waals surface area (Å²) < 4.78 is 5.48. The van der Waals surface area contributed by atoms with Gasteiger partial charge >= 0.3 is 0 Å². The van der Waals surface area contributed by atoms with E-state index in [9.17, 15) is 9.59 Å². The zero-order valence-electron chi connectivity index (χ0n) is 21.1. The molecule has 1 heterocycles. The van der Waals surface area contributed by atoms with Crippen molar-refractivity contribution >= 4 is 11.8 Å². The lowest BCUT2D eigenvalue weighted by atomic mass is 9.55. The maximum Gasteiger partial charge on any atom is 0.229 e. The molecule has 5 heteroatoms. The summed E-state index contributed by atoms with van der Waals surface area (Å²) in [5, 5.41) is 3.96. The van der Waals surface area contributed by atoms with Gasteiger partial charge in [0, 0.05) is 25.4 Å². The molecule has 4 unspecified atom stereocenters. The molecule has 1 aromatic carbocycles. The van der Waals surface area contributed by atoms with Crippen LogP contribution in [0.4, 0.5) is 0 Å². The molecule has 1 aromatic rings. The second-order valence-electron chi connectivity index (χ2n) is 11.5. The first-order valence-electron chi connectivity index (χ1n) is 13.7. The number of aryl methyl sites for hydroxylation is 1. The van der Waals surface area contributed by atoms with Crippen LogP contribution in [0.2, 0.25) is 0 Å². The van der Waals surface area contributed by atoms with Crippen LogP contribution in [0.25, 0.3) is 0 Å². The van der Waals surface area contributed by atoms with Crippen LogP contribution in [0, 0.1) is 17.3 Å². The zero-order chi connectivity index (χ0) is 23.7. The topological polar surface area (TPSA) is 58.6 Å². The number of carbonyl (C=O) groups excluding carboxylic acids is 2. The summed E-state index contributed by atoms with van der Waals surface area (Å²) in [5.41, 5.74) is 3.56.